The lowest BCUT2D eigenvalue weighted by Crippen LogP contribution is -2.58. The summed E-state index contributed by atoms with van der Waals surface area (Å²) in [5.41, 5.74) is 0.0521. The van der Waals surface area contributed by atoms with Gasteiger partial charge in [-0.05, 0) is 57.0 Å². The van der Waals surface area contributed by atoms with Crippen LogP contribution in [-0.4, -0.2) is 87.5 Å². The summed E-state index contributed by atoms with van der Waals surface area (Å²) in [4.78, 5) is 48.5. The van der Waals surface area contributed by atoms with Crippen LogP contribution in [0.3, 0.4) is 0 Å². The second-order valence-corrected chi connectivity index (χ2v) is 13.2. The average Bonchev–Trinajstić information content (AvgIpc) is 3.63. The molecule has 0 aromatic heterocycles. The molecule has 3 aliphatic heterocycles. The molecule has 1 spiro atoms. The average molecular weight is 681 g/mol. The van der Waals surface area contributed by atoms with E-state index in [-0.39, 0.29) is 41.7 Å². The molecule has 0 radical (unpaired) electrons. The standard InChI is InChI=1S/C35H42BrN3O6/c1-6-18-37(22(4)5)34(43)31-35-20-26(36)30(45-35)28(29(35)33(42)39(31)27(21-40)23-12-10-9-11-13-23)32(41)38(19-7-2)24-14-16-25(17-15-24)44-8-3/h6-7,9-17,22,26-31,40H,1-2,8,18-21H2,3-5H3/t26?,27-,28-,29+,30-,31?,35?/m1/s1. The largest absolute Gasteiger partial charge is 0.494 e. The number of benzene rings is 2. The quantitative estimate of drug-likeness (QED) is 0.247. The molecule has 0 saturated carbocycles. The molecule has 45 heavy (non-hydrogen) atoms. The number of anilines is 1. The number of aliphatic hydroxyl groups excluding tert-OH is 1. The number of carbonyl (C=O) groups is 3. The number of aliphatic hydroxyl groups is 1. The van der Waals surface area contributed by atoms with Gasteiger partial charge in [-0.2, -0.15) is 0 Å². The van der Waals surface area contributed by atoms with Gasteiger partial charge in [-0.25, -0.2) is 0 Å². The van der Waals surface area contributed by atoms with Gasteiger partial charge in [0.05, 0.1) is 37.2 Å². The van der Waals surface area contributed by atoms with Crippen molar-refractivity contribution in [2.45, 2.75) is 61.8 Å². The lowest BCUT2D eigenvalue weighted by Gasteiger charge is -2.40. The number of alkyl halides is 1. The van der Waals surface area contributed by atoms with E-state index in [4.69, 9.17) is 9.47 Å². The Labute approximate surface area is 273 Å². The van der Waals surface area contributed by atoms with Crippen molar-refractivity contribution in [2.75, 3.05) is 31.2 Å². The molecule has 3 heterocycles. The van der Waals surface area contributed by atoms with Crippen LogP contribution >= 0.6 is 15.9 Å². The Bertz CT molecular complexity index is 1420. The molecule has 240 valence electrons. The van der Waals surface area contributed by atoms with Crippen LogP contribution in [-0.2, 0) is 19.1 Å². The molecule has 2 aromatic carbocycles. The fourth-order valence-electron chi connectivity index (χ4n) is 7.37. The van der Waals surface area contributed by atoms with E-state index in [1.54, 1.807) is 34.1 Å². The molecule has 2 bridgehead atoms. The highest BCUT2D eigenvalue weighted by Crippen LogP contribution is 2.61. The summed E-state index contributed by atoms with van der Waals surface area (Å²) in [6, 6.07) is 14.3. The van der Waals surface area contributed by atoms with Crippen LogP contribution < -0.4 is 9.64 Å². The summed E-state index contributed by atoms with van der Waals surface area (Å²) < 4.78 is 12.4. The Kier molecular flexibility index (Phi) is 9.86. The van der Waals surface area contributed by atoms with Gasteiger partial charge in [-0.15, -0.1) is 13.2 Å². The van der Waals surface area contributed by atoms with E-state index in [0.29, 0.717) is 30.0 Å². The Morgan fingerprint density at radius 1 is 1.11 bits per heavy atom. The van der Waals surface area contributed by atoms with Crippen molar-refractivity contribution in [1.29, 1.82) is 0 Å². The number of hydrogen-bond donors (Lipinski definition) is 1. The molecule has 5 rings (SSSR count). The maximum atomic E-state index is 14.8. The molecule has 0 aliphatic carbocycles. The summed E-state index contributed by atoms with van der Waals surface area (Å²) in [6.45, 7) is 14.1. The molecule has 2 aromatic rings. The minimum atomic E-state index is -1.28. The van der Waals surface area contributed by atoms with Crippen molar-refractivity contribution in [2.24, 2.45) is 11.8 Å². The summed E-state index contributed by atoms with van der Waals surface area (Å²) in [6.07, 6.45) is 3.04. The predicted octanol–water partition coefficient (Wildman–Crippen LogP) is 4.51. The monoisotopic (exact) mass is 679 g/mol. The van der Waals surface area contributed by atoms with Crippen LogP contribution in [0.15, 0.2) is 79.9 Å². The first-order valence-corrected chi connectivity index (χ1v) is 16.4. The molecule has 7 atom stereocenters. The van der Waals surface area contributed by atoms with Gasteiger partial charge < -0.3 is 29.3 Å². The Hall–Kier alpha value is -3.47. The minimum absolute atomic E-state index is 0.189. The van der Waals surface area contributed by atoms with E-state index in [1.165, 1.54) is 4.90 Å². The van der Waals surface area contributed by atoms with Crippen LogP contribution in [0.25, 0.3) is 0 Å². The lowest BCUT2D eigenvalue weighted by atomic mass is 9.70. The maximum Gasteiger partial charge on any atom is 0.248 e. The fourth-order valence-corrected chi connectivity index (χ4v) is 8.31. The third-order valence-corrected chi connectivity index (χ3v) is 10.1. The van der Waals surface area contributed by atoms with E-state index >= 15 is 0 Å². The number of amides is 3. The Morgan fingerprint density at radius 2 is 1.78 bits per heavy atom. The molecule has 3 fully saturated rings. The highest BCUT2D eigenvalue weighted by Gasteiger charge is 2.77. The number of ether oxygens (including phenoxy) is 2. The first-order valence-electron chi connectivity index (χ1n) is 15.5. The van der Waals surface area contributed by atoms with E-state index in [9.17, 15) is 19.5 Å². The third kappa shape index (κ3) is 5.61. The number of rotatable bonds is 13. The molecule has 9 nitrogen and oxygen atoms in total. The zero-order chi connectivity index (χ0) is 32.5. The van der Waals surface area contributed by atoms with Gasteiger partial charge in [0.15, 0.2) is 0 Å². The molecule has 3 amide bonds. The van der Waals surface area contributed by atoms with Crippen molar-refractivity contribution in [3.05, 3.63) is 85.5 Å². The Balaban J connectivity index is 1.62. The lowest BCUT2D eigenvalue weighted by molar-refractivity contribution is -0.152. The van der Waals surface area contributed by atoms with Gasteiger partial charge in [-0.1, -0.05) is 58.4 Å². The van der Waals surface area contributed by atoms with E-state index in [0.717, 1.165) is 0 Å². The number of likely N-dealkylation sites (tertiary alicyclic amines) is 1. The summed E-state index contributed by atoms with van der Waals surface area (Å²) >= 11 is 3.77. The zero-order valence-electron chi connectivity index (χ0n) is 26.1. The van der Waals surface area contributed by atoms with Crippen LogP contribution in [0, 0.1) is 11.8 Å². The van der Waals surface area contributed by atoms with E-state index in [1.807, 2.05) is 63.2 Å². The number of hydrogen-bond acceptors (Lipinski definition) is 6. The molecular weight excluding hydrogens is 638 g/mol. The minimum Gasteiger partial charge on any atom is -0.494 e. The number of fused-ring (bicyclic) bond motifs is 1. The summed E-state index contributed by atoms with van der Waals surface area (Å²) in [7, 11) is 0. The van der Waals surface area contributed by atoms with Gasteiger partial charge in [0, 0.05) is 29.6 Å². The molecule has 3 aliphatic rings. The molecular formula is C35H42BrN3O6. The highest BCUT2D eigenvalue weighted by molar-refractivity contribution is 9.09. The molecule has 1 N–H and O–H groups in total. The van der Waals surface area contributed by atoms with E-state index in [2.05, 4.69) is 29.1 Å². The number of nitrogens with zero attached hydrogens (tertiary/aromatic N) is 3. The fraction of sp³-hybridized carbons (Fsp3) is 0.457. The second-order valence-electron chi connectivity index (χ2n) is 12.1. The SMILES string of the molecule is C=CCN(C(=O)[C@H]1[C@@H]2OC3(CC2Br)C(C(=O)N(CC=C)C(C)C)N([C@H](CO)c2ccccc2)C(=O)[C@H]13)c1ccc(OCC)cc1. The smallest absolute Gasteiger partial charge is 0.248 e. The van der Waals surface area contributed by atoms with Crippen LogP contribution in [0.5, 0.6) is 5.75 Å². The van der Waals surface area contributed by atoms with Crippen molar-refractivity contribution in [1.82, 2.24) is 9.80 Å². The molecule has 3 unspecified atom stereocenters. The van der Waals surface area contributed by atoms with Crippen molar-refractivity contribution in [3.63, 3.8) is 0 Å². The first-order chi connectivity index (χ1) is 21.6. The van der Waals surface area contributed by atoms with Gasteiger partial charge >= 0.3 is 0 Å². The van der Waals surface area contributed by atoms with Crippen LogP contribution in [0.4, 0.5) is 5.69 Å². The van der Waals surface area contributed by atoms with Crippen LogP contribution in [0.2, 0.25) is 0 Å². The topological polar surface area (TPSA) is 99.6 Å². The van der Waals surface area contributed by atoms with Gasteiger partial charge in [0.2, 0.25) is 17.7 Å². The summed E-state index contributed by atoms with van der Waals surface area (Å²) in [5, 5.41) is 10.8. The van der Waals surface area contributed by atoms with Gasteiger partial charge in [0.25, 0.3) is 0 Å². The van der Waals surface area contributed by atoms with Crippen molar-refractivity contribution < 1.29 is 29.0 Å². The predicted molar refractivity (Wildman–Crippen MR) is 176 cm³/mol. The van der Waals surface area contributed by atoms with Crippen molar-refractivity contribution in [3.8, 4) is 5.75 Å². The van der Waals surface area contributed by atoms with Crippen molar-refractivity contribution >= 4 is 39.3 Å². The third-order valence-electron chi connectivity index (χ3n) is 9.21. The number of carbonyl (C=O) groups excluding carboxylic acids is 3. The zero-order valence-corrected chi connectivity index (χ0v) is 27.6. The van der Waals surface area contributed by atoms with Gasteiger partial charge in [-0.3, -0.25) is 14.4 Å². The molecule has 10 heteroatoms. The Morgan fingerprint density at radius 3 is 2.36 bits per heavy atom. The van der Waals surface area contributed by atoms with Gasteiger partial charge in [0.1, 0.15) is 17.4 Å². The van der Waals surface area contributed by atoms with E-state index < -0.39 is 42.2 Å². The molecule has 3 saturated heterocycles. The first kappa shape index (κ1) is 32.9. The highest BCUT2D eigenvalue weighted by atomic mass is 79.9. The van der Waals surface area contributed by atoms with Crippen LogP contribution in [0.1, 0.15) is 38.8 Å². The summed E-state index contributed by atoms with van der Waals surface area (Å²) in [5.74, 6) is -2.06. The second kappa shape index (κ2) is 13.5. The normalized spacial score (nSPS) is 27.3. The maximum absolute atomic E-state index is 14.8. The number of halogens is 1.